The minimum Gasteiger partial charge on any atom is -0.261 e. The predicted octanol–water partition coefficient (Wildman–Crippen LogP) is 2.64. The fraction of sp³-hybridized carbons (Fsp3) is 0.375. The van der Waals surface area contributed by atoms with E-state index < -0.39 is 0 Å². The molecule has 2 aromatic rings. The first kappa shape index (κ1) is 9.61. The summed E-state index contributed by atoms with van der Waals surface area (Å²) in [5.74, 6) is 0. The Hall–Kier alpha value is -0.940. The van der Waals surface area contributed by atoms with Crippen LogP contribution in [0.2, 0.25) is 5.15 Å². The molecule has 0 radical (unpaired) electrons. The van der Waals surface area contributed by atoms with Gasteiger partial charge in [-0.15, -0.1) is 0 Å². The van der Waals surface area contributed by atoms with Crippen LogP contribution in [0.4, 0.5) is 0 Å². The Morgan fingerprint density at radius 1 is 1.43 bits per heavy atom. The zero-order chi connectivity index (χ0) is 10.1. The number of hydrogen-bond acceptors (Lipinski definition) is 4. The van der Waals surface area contributed by atoms with Crippen molar-refractivity contribution in [3.05, 3.63) is 17.4 Å². The van der Waals surface area contributed by atoms with Gasteiger partial charge in [0.05, 0.1) is 17.4 Å². The van der Waals surface area contributed by atoms with Crippen molar-refractivity contribution in [2.24, 2.45) is 0 Å². The van der Waals surface area contributed by atoms with Crippen LogP contribution in [0.5, 0.6) is 0 Å². The van der Waals surface area contributed by atoms with Crippen LogP contribution in [-0.2, 0) is 0 Å². The molecule has 0 unspecified atom stereocenters. The Bertz CT molecular complexity index is 434. The molecule has 0 aromatic carbocycles. The Balaban J connectivity index is 2.52. The lowest BCUT2D eigenvalue weighted by molar-refractivity contribution is 0.538. The van der Waals surface area contributed by atoms with Crippen molar-refractivity contribution in [2.75, 3.05) is 0 Å². The summed E-state index contributed by atoms with van der Waals surface area (Å²) < 4.78 is 9.94. The van der Waals surface area contributed by atoms with Gasteiger partial charge in [-0.2, -0.15) is 13.8 Å². The highest BCUT2D eigenvalue weighted by molar-refractivity contribution is 6.99. The smallest absolute Gasteiger partial charge is 0.172 e. The average Bonchev–Trinajstić information content (AvgIpc) is 2.70. The van der Waals surface area contributed by atoms with Gasteiger partial charge in [-0.05, 0) is 19.9 Å². The highest BCUT2D eigenvalue weighted by Gasteiger charge is 2.14. The fourth-order valence-corrected chi connectivity index (χ4v) is 1.99. The van der Waals surface area contributed by atoms with Crippen LogP contribution in [0.1, 0.15) is 19.9 Å². The molecule has 0 fully saturated rings. The zero-order valence-electron chi connectivity index (χ0n) is 7.81. The summed E-state index contributed by atoms with van der Waals surface area (Å²) in [5.41, 5.74) is 1.63. The molecule has 6 heteroatoms. The van der Waals surface area contributed by atoms with Crippen molar-refractivity contribution in [1.29, 1.82) is 0 Å². The minimum atomic E-state index is 0.290. The molecule has 0 spiro atoms. The number of halogens is 1. The third-order valence-electron chi connectivity index (χ3n) is 1.85. The largest absolute Gasteiger partial charge is 0.261 e. The standard InChI is InChI=1S/C8H9ClN4S/c1-5(2)13-6(3-4-10-13)7-8(9)12-14-11-7/h3-5H,1-2H3. The highest BCUT2D eigenvalue weighted by Crippen LogP contribution is 2.26. The maximum atomic E-state index is 5.90. The van der Waals surface area contributed by atoms with E-state index in [1.807, 2.05) is 10.7 Å². The first-order valence-corrected chi connectivity index (χ1v) is 5.33. The second-order valence-corrected chi connectivity index (χ2v) is 4.04. The topological polar surface area (TPSA) is 43.6 Å². The van der Waals surface area contributed by atoms with E-state index in [4.69, 9.17) is 11.6 Å². The molecule has 0 aliphatic rings. The van der Waals surface area contributed by atoms with E-state index in [0.29, 0.717) is 10.8 Å². The lowest BCUT2D eigenvalue weighted by Crippen LogP contribution is -2.04. The van der Waals surface area contributed by atoms with Gasteiger partial charge in [0.25, 0.3) is 0 Å². The summed E-state index contributed by atoms with van der Waals surface area (Å²) in [6, 6.07) is 2.18. The van der Waals surface area contributed by atoms with Crippen LogP contribution in [0.25, 0.3) is 11.4 Å². The van der Waals surface area contributed by atoms with Crippen molar-refractivity contribution in [3.8, 4) is 11.4 Å². The lowest BCUT2D eigenvalue weighted by atomic mass is 10.3. The molecule has 4 nitrogen and oxygen atoms in total. The molecular formula is C8H9ClN4S. The van der Waals surface area contributed by atoms with Gasteiger partial charge >= 0.3 is 0 Å². The Labute approximate surface area is 90.9 Å². The van der Waals surface area contributed by atoms with E-state index in [2.05, 4.69) is 27.7 Å². The van der Waals surface area contributed by atoms with Gasteiger partial charge in [0.1, 0.15) is 5.69 Å². The van der Waals surface area contributed by atoms with Crippen LogP contribution in [0.3, 0.4) is 0 Å². The Morgan fingerprint density at radius 3 is 2.79 bits per heavy atom. The molecule has 0 atom stereocenters. The van der Waals surface area contributed by atoms with Gasteiger partial charge in [-0.3, -0.25) is 4.68 Å². The molecular weight excluding hydrogens is 220 g/mol. The Morgan fingerprint density at radius 2 is 2.21 bits per heavy atom. The molecule has 0 bridgehead atoms. The number of hydrogen-bond donors (Lipinski definition) is 0. The van der Waals surface area contributed by atoms with Crippen molar-refractivity contribution in [2.45, 2.75) is 19.9 Å². The average molecular weight is 229 g/mol. The van der Waals surface area contributed by atoms with E-state index >= 15 is 0 Å². The maximum Gasteiger partial charge on any atom is 0.172 e. The minimum absolute atomic E-state index is 0.290. The summed E-state index contributed by atoms with van der Waals surface area (Å²) in [6.45, 7) is 4.12. The summed E-state index contributed by atoms with van der Waals surface area (Å²) in [7, 11) is 0. The van der Waals surface area contributed by atoms with Crippen LogP contribution < -0.4 is 0 Å². The SMILES string of the molecule is CC(C)n1nccc1-c1nsnc1Cl. The van der Waals surface area contributed by atoms with E-state index in [1.165, 1.54) is 0 Å². The normalized spacial score (nSPS) is 11.1. The molecule has 2 heterocycles. The molecule has 0 N–H and O–H groups in total. The van der Waals surface area contributed by atoms with Crippen molar-refractivity contribution in [1.82, 2.24) is 18.5 Å². The molecule has 0 saturated heterocycles. The Kier molecular flexibility index (Phi) is 2.52. The van der Waals surface area contributed by atoms with Crippen LogP contribution in [0, 0.1) is 0 Å². The second kappa shape index (κ2) is 3.67. The number of aromatic nitrogens is 4. The van der Waals surface area contributed by atoms with Crippen LogP contribution >= 0.6 is 23.3 Å². The summed E-state index contributed by atoms with van der Waals surface area (Å²) in [5, 5.41) is 4.65. The van der Waals surface area contributed by atoms with Gasteiger partial charge in [-0.1, -0.05) is 11.6 Å². The van der Waals surface area contributed by atoms with Crippen molar-refractivity contribution in [3.63, 3.8) is 0 Å². The summed E-state index contributed by atoms with van der Waals surface area (Å²) in [6.07, 6.45) is 1.74. The molecule has 0 amide bonds. The molecule has 2 aromatic heterocycles. The zero-order valence-corrected chi connectivity index (χ0v) is 9.38. The van der Waals surface area contributed by atoms with Gasteiger partial charge < -0.3 is 0 Å². The predicted molar refractivity (Wildman–Crippen MR) is 56.5 cm³/mol. The third kappa shape index (κ3) is 1.53. The molecule has 0 aliphatic heterocycles. The lowest BCUT2D eigenvalue weighted by Gasteiger charge is -2.08. The maximum absolute atomic E-state index is 5.90. The van der Waals surface area contributed by atoms with Gasteiger partial charge in [0.2, 0.25) is 0 Å². The number of rotatable bonds is 2. The van der Waals surface area contributed by atoms with E-state index in [1.54, 1.807) is 6.20 Å². The molecule has 0 saturated carbocycles. The first-order chi connectivity index (χ1) is 6.70. The molecule has 0 aliphatic carbocycles. The van der Waals surface area contributed by atoms with Crippen molar-refractivity contribution >= 4 is 23.3 Å². The summed E-state index contributed by atoms with van der Waals surface area (Å²) in [4.78, 5) is 0. The summed E-state index contributed by atoms with van der Waals surface area (Å²) >= 11 is 7.02. The monoisotopic (exact) mass is 228 g/mol. The van der Waals surface area contributed by atoms with Gasteiger partial charge in [-0.25, -0.2) is 0 Å². The van der Waals surface area contributed by atoms with Crippen molar-refractivity contribution < 1.29 is 0 Å². The van der Waals surface area contributed by atoms with E-state index in [9.17, 15) is 0 Å². The van der Waals surface area contributed by atoms with Crippen LogP contribution in [0.15, 0.2) is 12.3 Å². The molecule has 74 valence electrons. The van der Waals surface area contributed by atoms with Crippen LogP contribution in [-0.4, -0.2) is 18.5 Å². The van der Waals surface area contributed by atoms with Gasteiger partial charge in [0.15, 0.2) is 5.15 Å². The highest BCUT2D eigenvalue weighted by atomic mass is 35.5. The molecule has 14 heavy (non-hydrogen) atoms. The fourth-order valence-electron chi connectivity index (χ4n) is 1.24. The van der Waals surface area contributed by atoms with E-state index in [0.717, 1.165) is 17.4 Å². The molecule has 2 rings (SSSR count). The number of nitrogens with zero attached hydrogens (tertiary/aromatic N) is 4. The third-order valence-corrected chi connectivity index (χ3v) is 2.74. The van der Waals surface area contributed by atoms with E-state index in [-0.39, 0.29) is 6.04 Å². The second-order valence-electron chi connectivity index (χ2n) is 3.16. The quantitative estimate of drug-likeness (QED) is 0.794. The first-order valence-electron chi connectivity index (χ1n) is 4.22. The van der Waals surface area contributed by atoms with Gasteiger partial charge in [0, 0.05) is 12.2 Å².